The first kappa shape index (κ1) is 38.3. The van der Waals surface area contributed by atoms with E-state index in [4.69, 9.17) is 0 Å². The van der Waals surface area contributed by atoms with E-state index in [9.17, 15) is 10.2 Å². The summed E-state index contributed by atoms with van der Waals surface area (Å²) in [5, 5.41) is 23.0. The Balaban J connectivity index is 0.000000722. The third-order valence-electron chi connectivity index (χ3n) is 7.54. The van der Waals surface area contributed by atoms with Crippen LogP contribution in [0.4, 0.5) is 0 Å². The van der Waals surface area contributed by atoms with E-state index in [2.05, 4.69) is 13.8 Å². The predicted octanol–water partition coefficient (Wildman–Crippen LogP) is 10.1. The van der Waals surface area contributed by atoms with Gasteiger partial charge < -0.3 is 10.2 Å². The zero-order valence-electron chi connectivity index (χ0n) is 25.7. The molecule has 0 heterocycles. The van der Waals surface area contributed by atoms with Crippen molar-refractivity contribution in [1.82, 2.24) is 0 Å². The maximum absolute atomic E-state index is 11.5. The zero-order chi connectivity index (χ0) is 27.5. The Labute approximate surface area is 272 Å². The number of para-hydroxylation sites is 2. The molecule has 0 aromatic heterocycles. The van der Waals surface area contributed by atoms with Crippen LogP contribution in [0.5, 0.6) is 11.5 Å². The number of unbranched alkanes of at least 4 members (excludes halogenated alkanes) is 18. The molecule has 0 radical (unpaired) electrons. The molecule has 0 bridgehead atoms. The van der Waals surface area contributed by atoms with Gasteiger partial charge in [-0.1, -0.05) is 189 Å². The first-order valence-corrected chi connectivity index (χ1v) is 16.2. The van der Waals surface area contributed by atoms with Crippen molar-refractivity contribution in [3.05, 3.63) is 59.7 Å². The van der Waals surface area contributed by atoms with Crippen molar-refractivity contribution < 1.29 is 10.2 Å². The Bertz CT molecular complexity index is 711. The topological polar surface area (TPSA) is 46.1 Å². The monoisotopic (exact) mass is 562 g/mol. The average Bonchev–Trinajstić information content (AvgIpc) is 2.93. The number of hydrogen-bond donors (Lipinski definition) is 0. The fourth-order valence-electron chi connectivity index (χ4n) is 5.03. The van der Waals surface area contributed by atoms with Gasteiger partial charge in [-0.05, 0) is 25.7 Å². The normalized spacial score (nSPS) is 10.5. The van der Waals surface area contributed by atoms with E-state index in [1.165, 1.54) is 116 Å². The second kappa shape index (κ2) is 28.8. The molecular formula is C36H58CaO2. The van der Waals surface area contributed by atoms with Crippen LogP contribution in [-0.2, 0) is 12.8 Å². The molecule has 39 heavy (non-hydrogen) atoms. The maximum atomic E-state index is 11.5. The van der Waals surface area contributed by atoms with Gasteiger partial charge in [0.1, 0.15) is 0 Å². The average molecular weight is 563 g/mol. The van der Waals surface area contributed by atoms with Crippen LogP contribution < -0.4 is 10.2 Å². The minimum Gasteiger partial charge on any atom is -0.872 e. The van der Waals surface area contributed by atoms with Crippen LogP contribution in [0.1, 0.15) is 153 Å². The van der Waals surface area contributed by atoms with Gasteiger partial charge in [0.2, 0.25) is 0 Å². The molecule has 0 aliphatic rings. The molecule has 0 saturated carbocycles. The predicted molar refractivity (Wildman–Crippen MR) is 169 cm³/mol. The van der Waals surface area contributed by atoms with Crippen molar-refractivity contribution in [2.75, 3.05) is 0 Å². The summed E-state index contributed by atoms with van der Waals surface area (Å²) in [6.07, 6.45) is 28.9. The van der Waals surface area contributed by atoms with Crippen molar-refractivity contribution in [3.8, 4) is 11.5 Å². The molecule has 0 aliphatic heterocycles. The molecule has 2 aromatic carbocycles. The Hall–Kier alpha value is -0.700. The van der Waals surface area contributed by atoms with Crippen molar-refractivity contribution >= 4 is 37.7 Å². The fraction of sp³-hybridized carbons (Fsp3) is 0.667. The van der Waals surface area contributed by atoms with E-state index < -0.39 is 0 Å². The molecule has 0 saturated heterocycles. The van der Waals surface area contributed by atoms with Crippen LogP contribution >= 0.6 is 0 Å². The number of rotatable bonds is 22. The molecule has 216 valence electrons. The molecule has 0 aliphatic carbocycles. The number of benzene rings is 2. The Morgan fingerprint density at radius 1 is 0.385 bits per heavy atom. The summed E-state index contributed by atoms with van der Waals surface area (Å²) in [4.78, 5) is 0. The molecule has 0 spiro atoms. The summed E-state index contributed by atoms with van der Waals surface area (Å²) in [5.41, 5.74) is 1.98. The van der Waals surface area contributed by atoms with Crippen LogP contribution in [-0.4, -0.2) is 37.7 Å². The molecule has 0 atom stereocenters. The first-order chi connectivity index (χ1) is 18.7. The van der Waals surface area contributed by atoms with E-state index in [0.29, 0.717) is 0 Å². The summed E-state index contributed by atoms with van der Waals surface area (Å²) in [7, 11) is 0. The van der Waals surface area contributed by atoms with Crippen molar-refractivity contribution in [2.24, 2.45) is 0 Å². The minimum atomic E-state index is 0. The van der Waals surface area contributed by atoms with Crippen LogP contribution in [0.25, 0.3) is 0 Å². The van der Waals surface area contributed by atoms with E-state index in [-0.39, 0.29) is 49.2 Å². The standard InChI is InChI=1S/2C18H30O.Ca/c2*1-2-3-4-5-6-7-8-9-10-11-14-17-15-12-13-16-18(17)19;/h2*12-13,15-16,19H,2-11,14H2,1H3;/q;;+2/p-2. The summed E-state index contributed by atoms with van der Waals surface area (Å²) in [6.45, 7) is 4.53. The maximum Gasteiger partial charge on any atom is 2.00 e. The Kier molecular flexibility index (Phi) is 28.3. The van der Waals surface area contributed by atoms with E-state index in [1.54, 1.807) is 12.1 Å². The third-order valence-corrected chi connectivity index (χ3v) is 7.54. The van der Waals surface area contributed by atoms with Crippen molar-refractivity contribution in [1.29, 1.82) is 0 Å². The van der Waals surface area contributed by atoms with Gasteiger partial charge in [-0.15, -0.1) is 11.5 Å². The molecule has 0 N–H and O–H groups in total. The van der Waals surface area contributed by atoms with Gasteiger partial charge in [0.25, 0.3) is 0 Å². The first-order valence-electron chi connectivity index (χ1n) is 16.2. The third kappa shape index (κ3) is 22.6. The molecule has 0 amide bonds. The number of hydrogen-bond acceptors (Lipinski definition) is 2. The van der Waals surface area contributed by atoms with Gasteiger partial charge in [0, 0.05) is 0 Å². The van der Waals surface area contributed by atoms with Gasteiger partial charge >= 0.3 is 37.7 Å². The quantitative estimate of drug-likeness (QED) is 0.106. The van der Waals surface area contributed by atoms with Crippen LogP contribution in [0.3, 0.4) is 0 Å². The van der Waals surface area contributed by atoms with Crippen molar-refractivity contribution in [3.63, 3.8) is 0 Å². The fourth-order valence-corrected chi connectivity index (χ4v) is 5.03. The van der Waals surface area contributed by atoms with Gasteiger partial charge in [-0.25, -0.2) is 0 Å². The smallest absolute Gasteiger partial charge is 0.872 e. The van der Waals surface area contributed by atoms with E-state index in [0.717, 1.165) is 36.8 Å². The number of aryl methyl sites for hydroxylation is 2. The van der Waals surface area contributed by atoms with Gasteiger partial charge in [0.05, 0.1) is 0 Å². The second-order valence-electron chi connectivity index (χ2n) is 11.1. The van der Waals surface area contributed by atoms with Gasteiger partial charge in [-0.3, -0.25) is 0 Å². The Morgan fingerprint density at radius 2 is 0.641 bits per heavy atom. The summed E-state index contributed by atoms with van der Waals surface area (Å²) < 4.78 is 0. The van der Waals surface area contributed by atoms with Crippen LogP contribution in [0.15, 0.2) is 48.5 Å². The molecule has 0 fully saturated rings. The minimum absolute atomic E-state index is 0. The molecule has 2 aromatic rings. The van der Waals surface area contributed by atoms with Gasteiger partial charge in [0.15, 0.2) is 0 Å². The SMILES string of the molecule is CCCCCCCCCCCCc1ccccc1[O-].CCCCCCCCCCCCc1ccccc1[O-].[Ca+2]. The summed E-state index contributed by atoms with van der Waals surface area (Å²) >= 11 is 0. The summed E-state index contributed by atoms with van der Waals surface area (Å²) in [5.74, 6) is 0.414. The van der Waals surface area contributed by atoms with E-state index >= 15 is 0 Å². The molecule has 2 rings (SSSR count). The van der Waals surface area contributed by atoms with E-state index in [1.807, 2.05) is 36.4 Å². The summed E-state index contributed by atoms with van der Waals surface area (Å²) in [6, 6.07) is 14.9. The largest absolute Gasteiger partial charge is 2.00 e. The van der Waals surface area contributed by atoms with Crippen LogP contribution in [0.2, 0.25) is 0 Å². The molecule has 0 unspecified atom stereocenters. The second-order valence-corrected chi connectivity index (χ2v) is 11.1. The molecule has 3 heteroatoms. The Morgan fingerprint density at radius 3 is 0.923 bits per heavy atom. The van der Waals surface area contributed by atoms with Crippen molar-refractivity contribution in [2.45, 2.75) is 155 Å². The molecule has 2 nitrogen and oxygen atoms in total. The molecular weight excluding hydrogens is 504 g/mol. The van der Waals surface area contributed by atoms with Crippen LogP contribution in [0, 0.1) is 0 Å². The van der Waals surface area contributed by atoms with Gasteiger partial charge in [-0.2, -0.15) is 0 Å². The zero-order valence-corrected chi connectivity index (χ0v) is 27.9.